The van der Waals surface area contributed by atoms with Gasteiger partial charge in [0.15, 0.2) is 0 Å². The van der Waals surface area contributed by atoms with Gasteiger partial charge in [0.1, 0.15) is 11.1 Å². The summed E-state index contributed by atoms with van der Waals surface area (Å²) in [5, 5.41) is 3.45. The number of nitrogens with zero attached hydrogens (tertiary/aromatic N) is 1. The molecule has 170 valence electrons. The minimum Gasteiger partial charge on any atom is -0.422 e. The van der Waals surface area contributed by atoms with Crippen molar-refractivity contribution in [2.75, 3.05) is 30.5 Å². The molecular weight excluding hydrogens is 452 g/mol. The van der Waals surface area contributed by atoms with Crippen molar-refractivity contribution in [1.82, 2.24) is 0 Å². The summed E-state index contributed by atoms with van der Waals surface area (Å²) in [6.07, 6.45) is 0. The Labute approximate surface area is 199 Å². The number of rotatable bonds is 5. The molecule has 0 bridgehead atoms. The maximum atomic E-state index is 13.2. The van der Waals surface area contributed by atoms with E-state index < -0.39 is 11.5 Å². The van der Waals surface area contributed by atoms with E-state index in [2.05, 4.69) is 5.32 Å². The van der Waals surface area contributed by atoms with Gasteiger partial charge < -0.3 is 19.4 Å². The van der Waals surface area contributed by atoms with E-state index in [0.717, 1.165) is 15.5 Å². The lowest BCUT2D eigenvalue weighted by atomic mass is 10.1. The number of carbonyl (C=O) groups is 2. The number of carbonyl (C=O) groups excluding carboxylic acids is 2. The van der Waals surface area contributed by atoms with Crippen molar-refractivity contribution >= 4 is 45.9 Å². The third-order valence-corrected chi connectivity index (χ3v) is 6.62. The van der Waals surface area contributed by atoms with Crippen molar-refractivity contribution in [2.45, 2.75) is 9.79 Å². The van der Waals surface area contributed by atoms with E-state index >= 15 is 0 Å². The molecule has 7 nitrogen and oxygen atoms in total. The summed E-state index contributed by atoms with van der Waals surface area (Å²) in [6.45, 7) is 0.773. The van der Waals surface area contributed by atoms with E-state index in [9.17, 15) is 14.4 Å². The highest BCUT2D eigenvalue weighted by molar-refractivity contribution is 7.99. The molecule has 4 aromatic rings. The lowest BCUT2D eigenvalue weighted by Crippen LogP contribution is -2.33. The van der Waals surface area contributed by atoms with Gasteiger partial charge in [0, 0.05) is 34.5 Å². The van der Waals surface area contributed by atoms with Crippen LogP contribution in [0.2, 0.25) is 0 Å². The number of hydrogen-bond donors (Lipinski definition) is 1. The average molecular weight is 473 g/mol. The largest absolute Gasteiger partial charge is 0.422 e. The normalized spacial score (nSPS) is 12.7. The van der Waals surface area contributed by atoms with Crippen LogP contribution in [0, 0.1) is 0 Å². The molecule has 2 heterocycles. The van der Waals surface area contributed by atoms with Crippen LogP contribution in [-0.4, -0.2) is 32.1 Å². The minimum atomic E-state index is -0.703. The molecule has 1 aliphatic rings. The molecule has 3 aromatic carbocycles. The molecule has 34 heavy (non-hydrogen) atoms. The van der Waals surface area contributed by atoms with Crippen LogP contribution in [-0.2, 0) is 4.74 Å². The van der Waals surface area contributed by atoms with Crippen molar-refractivity contribution in [2.24, 2.45) is 0 Å². The first-order valence-electron chi connectivity index (χ1n) is 10.6. The maximum absolute atomic E-state index is 13.2. The molecule has 0 saturated heterocycles. The van der Waals surface area contributed by atoms with Crippen LogP contribution in [0.5, 0.6) is 0 Å². The van der Waals surface area contributed by atoms with Gasteiger partial charge in [-0.3, -0.25) is 9.59 Å². The second-order valence-corrected chi connectivity index (χ2v) is 8.75. The second kappa shape index (κ2) is 9.17. The zero-order valence-electron chi connectivity index (χ0n) is 18.2. The summed E-state index contributed by atoms with van der Waals surface area (Å²) in [5.74, 6) is -0.671. The summed E-state index contributed by atoms with van der Waals surface area (Å²) < 4.78 is 10.5. The number of benzene rings is 3. The van der Waals surface area contributed by atoms with E-state index in [1.54, 1.807) is 54.5 Å². The standard InChI is InChI=1S/C26H20N2O5S/c1-32-13-12-28-20-11-10-17(15-23(20)34-22-9-5-3-7-18(22)25(28)30)27-24(29)19-14-16-6-2-4-8-21(16)33-26(19)31/h2-11,14-15H,12-13H2,1H3,(H,27,29). The van der Waals surface area contributed by atoms with Gasteiger partial charge >= 0.3 is 5.63 Å². The number of anilines is 2. The fourth-order valence-electron chi connectivity index (χ4n) is 3.83. The SMILES string of the molecule is COCCN1C(=O)c2ccccc2Sc2cc(NC(=O)c3cc4ccccc4oc3=O)ccc21. The van der Waals surface area contributed by atoms with Gasteiger partial charge in [-0.2, -0.15) is 0 Å². The highest BCUT2D eigenvalue weighted by Gasteiger charge is 2.27. The molecule has 0 atom stereocenters. The molecule has 2 amide bonds. The first-order chi connectivity index (χ1) is 16.5. The predicted octanol–water partition coefficient (Wildman–Crippen LogP) is 4.80. The Morgan fingerprint density at radius 2 is 1.79 bits per heavy atom. The Bertz CT molecular complexity index is 1480. The van der Waals surface area contributed by atoms with E-state index in [1.165, 1.54) is 17.8 Å². The topological polar surface area (TPSA) is 88.8 Å². The fraction of sp³-hybridized carbons (Fsp3) is 0.115. The lowest BCUT2D eigenvalue weighted by molar-refractivity contribution is 0.0971. The molecule has 0 aliphatic carbocycles. The van der Waals surface area contributed by atoms with Crippen LogP contribution in [0.1, 0.15) is 20.7 Å². The number of ether oxygens (including phenoxy) is 1. The Morgan fingerprint density at radius 1 is 1.00 bits per heavy atom. The third kappa shape index (κ3) is 4.09. The van der Waals surface area contributed by atoms with Crippen molar-refractivity contribution in [3.05, 3.63) is 94.3 Å². The number of hydrogen-bond acceptors (Lipinski definition) is 6. The van der Waals surface area contributed by atoms with E-state index in [-0.39, 0.29) is 11.5 Å². The highest BCUT2D eigenvalue weighted by Crippen LogP contribution is 2.42. The molecule has 1 aromatic heterocycles. The zero-order chi connectivity index (χ0) is 23.7. The van der Waals surface area contributed by atoms with Crippen LogP contribution >= 0.6 is 11.8 Å². The van der Waals surface area contributed by atoms with E-state index in [4.69, 9.17) is 9.15 Å². The first kappa shape index (κ1) is 21.9. The average Bonchev–Trinajstić information content (AvgIpc) is 2.96. The third-order valence-electron chi connectivity index (χ3n) is 5.50. The molecule has 1 N–H and O–H groups in total. The number of nitrogens with one attached hydrogen (secondary N) is 1. The summed E-state index contributed by atoms with van der Waals surface area (Å²) >= 11 is 1.45. The quantitative estimate of drug-likeness (QED) is 0.420. The number of amides is 2. The first-order valence-corrected chi connectivity index (χ1v) is 11.4. The summed E-state index contributed by atoms with van der Waals surface area (Å²) in [7, 11) is 1.59. The molecule has 0 unspecified atom stereocenters. The lowest BCUT2D eigenvalue weighted by Gasteiger charge is -2.23. The molecule has 0 saturated carbocycles. The monoisotopic (exact) mass is 472 g/mol. The van der Waals surface area contributed by atoms with Crippen LogP contribution in [0.4, 0.5) is 11.4 Å². The Hall–Kier alpha value is -3.88. The maximum Gasteiger partial charge on any atom is 0.349 e. The van der Waals surface area contributed by atoms with Gasteiger partial charge in [0.2, 0.25) is 0 Å². The van der Waals surface area contributed by atoms with Crippen LogP contribution < -0.4 is 15.8 Å². The fourth-order valence-corrected chi connectivity index (χ4v) is 4.94. The molecule has 1 aliphatic heterocycles. The van der Waals surface area contributed by atoms with E-state index in [0.29, 0.717) is 35.4 Å². The highest BCUT2D eigenvalue weighted by atomic mass is 32.2. The Kier molecular flexibility index (Phi) is 5.91. The summed E-state index contributed by atoms with van der Waals surface area (Å²) in [6, 6.07) is 21.3. The van der Waals surface area contributed by atoms with E-state index in [1.807, 2.05) is 24.3 Å². The van der Waals surface area contributed by atoms with Crippen molar-refractivity contribution in [3.8, 4) is 0 Å². The minimum absolute atomic E-state index is 0.0801. The van der Waals surface area contributed by atoms with Crippen LogP contribution in [0.25, 0.3) is 11.0 Å². The molecule has 0 fully saturated rings. The van der Waals surface area contributed by atoms with Gasteiger partial charge in [-0.1, -0.05) is 42.1 Å². The van der Waals surface area contributed by atoms with Gasteiger partial charge in [0.05, 0.1) is 17.9 Å². The Balaban J connectivity index is 1.50. The second-order valence-electron chi connectivity index (χ2n) is 7.67. The molecule has 0 radical (unpaired) electrons. The van der Waals surface area contributed by atoms with Crippen molar-refractivity contribution < 1.29 is 18.7 Å². The summed E-state index contributed by atoms with van der Waals surface area (Å²) in [4.78, 5) is 41.8. The van der Waals surface area contributed by atoms with Crippen LogP contribution in [0.3, 0.4) is 0 Å². The molecular formula is C26H20N2O5S. The number of methoxy groups -OCH3 is 1. The number of para-hydroxylation sites is 1. The van der Waals surface area contributed by atoms with Crippen LogP contribution in [0.15, 0.2) is 91.8 Å². The van der Waals surface area contributed by atoms with Gasteiger partial charge in [-0.25, -0.2) is 4.79 Å². The Morgan fingerprint density at radius 3 is 2.65 bits per heavy atom. The van der Waals surface area contributed by atoms with Gasteiger partial charge in [-0.05, 0) is 42.5 Å². The molecule has 5 rings (SSSR count). The smallest absolute Gasteiger partial charge is 0.349 e. The zero-order valence-corrected chi connectivity index (χ0v) is 19.1. The predicted molar refractivity (Wildman–Crippen MR) is 131 cm³/mol. The van der Waals surface area contributed by atoms with Gasteiger partial charge in [-0.15, -0.1) is 0 Å². The molecule has 8 heteroatoms. The number of fused-ring (bicyclic) bond motifs is 3. The van der Waals surface area contributed by atoms with Gasteiger partial charge in [0.25, 0.3) is 11.8 Å². The van der Waals surface area contributed by atoms with Crippen molar-refractivity contribution in [3.63, 3.8) is 0 Å². The molecule has 0 spiro atoms. The van der Waals surface area contributed by atoms with Crippen molar-refractivity contribution in [1.29, 1.82) is 0 Å². The summed E-state index contributed by atoms with van der Waals surface area (Å²) in [5.41, 5.74) is 1.48.